The van der Waals surface area contributed by atoms with E-state index in [0.717, 1.165) is 22.5 Å². The minimum absolute atomic E-state index is 0.274. The molecule has 1 N–H and O–H groups in total. The molecule has 0 atom stereocenters. The van der Waals surface area contributed by atoms with Crippen LogP contribution in [0.15, 0.2) is 55.0 Å². The first kappa shape index (κ1) is 15.1. The summed E-state index contributed by atoms with van der Waals surface area (Å²) in [6, 6.07) is 11.6. The first-order chi connectivity index (χ1) is 12.1. The molecule has 0 aliphatic carbocycles. The fourth-order valence-electron chi connectivity index (χ4n) is 2.70. The lowest BCUT2D eigenvalue weighted by molar-refractivity contribution is 0.102. The highest BCUT2D eigenvalue weighted by atomic mass is 16.2. The van der Waals surface area contributed by atoms with Crippen molar-refractivity contribution in [2.24, 2.45) is 7.05 Å². The zero-order valence-corrected chi connectivity index (χ0v) is 13.8. The van der Waals surface area contributed by atoms with Crippen molar-refractivity contribution in [3.05, 3.63) is 66.2 Å². The Morgan fingerprint density at radius 2 is 2.04 bits per heavy atom. The van der Waals surface area contributed by atoms with Crippen LogP contribution in [0.5, 0.6) is 0 Å². The monoisotopic (exact) mass is 332 g/mol. The Labute approximate surface area is 143 Å². The number of rotatable bonds is 3. The van der Waals surface area contributed by atoms with Gasteiger partial charge in [0.15, 0.2) is 5.69 Å². The van der Waals surface area contributed by atoms with Crippen LogP contribution in [0.3, 0.4) is 0 Å². The van der Waals surface area contributed by atoms with Gasteiger partial charge < -0.3 is 9.72 Å². The SMILES string of the molecule is Cc1cccn2cc(-c3cccc(NC(=O)c4cn(C)nn4)c3)nc12. The second-order valence-electron chi connectivity index (χ2n) is 5.86. The average Bonchev–Trinajstić information content (AvgIpc) is 3.22. The molecule has 0 bridgehead atoms. The number of aryl methyl sites for hydroxylation is 2. The zero-order valence-electron chi connectivity index (χ0n) is 13.8. The number of hydrogen-bond acceptors (Lipinski definition) is 4. The minimum atomic E-state index is -0.295. The Morgan fingerprint density at radius 1 is 1.16 bits per heavy atom. The topological polar surface area (TPSA) is 77.1 Å². The molecule has 0 saturated heterocycles. The fraction of sp³-hybridized carbons (Fsp3) is 0.111. The third-order valence-corrected chi connectivity index (χ3v) is 3.93. The number of pyridine rings is 1. The number of anilines is 1. The Kier molecular flexibility index (Phi) is 3.53. The second kappa shape index (κ2) is 5.86. The van der Waals surface area contributed by atoms with Crippen LogP contribution in [0.2, 0.25) is 0 Å². The van der Waals surface area contributed by atoms with E-state index in [0.29, 0.717) is 5.69 Å². The van der Waals surface area contributed by atoms with Gasteiger partial charge in [0, 0.05) is 30.7 Å². The molecular formula is C18H16N6O. The molecule has 1 amide bonds. The maximum absolute atomic E-state index is 12.2. The number of imidazole rings is 1. The fourth-order valence-corrected chi connectivity index (χ4v) is 2.70. The largest absolute Gasteiger partial charge is 0.321 e. The van der Waals surface area contributed by atoms with E-state index in [2.05, 4.69) is 20.6 Å². The first-order valence-corrected chi connectivity index (χ1v) is 7.82. The van der Waals surface area contributed by atoms with Crippen molar-refractivity contribution in [2.45, 2.75) is 6.92 Å². The van der Waals surface area contributed by atoms with Gasteiger partial charge >= 0.3 is 0 Å². The van der Waals surface area contributed by atoms with Crippen molar-refractivity contribution >= 4 is 17.2 Å². The van der Waals surface area contributed by atoms with Crippen molar-refractivity contribution in [3.8, 4) is 11.3 Å². The zero-order chi connectivity index (χ0) is 17.4. The molecule has 0 aliphatic heterocycles. The molecule has 7 heteroatoms. The molecule has 25 heavy (non-hydrogen) atoms. The summed E-state index contributed by atoms with van der Waals surface area (Å²) in [5, 5.41) is 10.4. The van der Waals surface area contributed by atoms with Gasteiger partial charge in [-0.2, -0.15) is 0 Å². The summed E-state index contributed by atoms with van der Waals surface area (Å²) < 4.78 is 3.49. The summed E-state index contributed by atoms with van der Waals surface area (Å²) >= 11 is 0. The number of carbonyl (C=O) groups is 1. The van der Waals surface area contributed by atoms with Crippen LogP contribution in [0, 0.1) is 6.92 Å². The molecule has 3 heterocycles. The molecule has 3 aromatic heterocycles. The number of benzene rings is 1. The van der Waals surface area contributed by atoms with Crippen LogP contribution in [0.1, 0.15) is 16.1 Å². The van der Waals surface area contributed by atoms with E-state index in [-0.39, 0.29) is 11.6 Å². The van der Waals surface area contributed by atoms with Crippen molar-refractivity contribution in [2.75, 3.05) is 5.32 Å². The molecule has 0 saturated carbocycles. The van der Waals surface area contributed by atoms with E-state index in [9.17, 15) is 4.79 Å². The molecule has 124 valence electrons. The van der Waals surface area contributed by atoms with Gasteiger partial charge in [-0.05, 0) is 30.7 Å². The molecule has 4 rings (SSSR count). The van der Waals surface area contributed by atoms with Crippen LogP contribution in [0.4, 0.5) is 5.69 Å². The normalized spacial score (nSPS) is 11.0. The molecule has 7 nitrogen and oxygen atoms in total. The van der Waals surface area contributed by atoms with Gasteiger partial charge in [-0.1, -0.05) is 23.4 Å². The molecule has 0 aliphatic rings. The van der Waals surface area contributed by atoms with Crippen LogP contribution in [0.25, 0.3) is 16.9 Å². The highest BCUT2D eigenvalue weighted by Gasteiger charge is 2.11. The van der Waals surface area contributed by atoms with Gasteiger partial charge in [-0.25, -0.2) is 4.98 Å². The lowest BCUT2D eigenvalue weighted by atomic mass is 10.1. The van der Waals surface area contributed by atoms with Crippen molar-refractivity contribution < 1.29 is 4.79 Å². The molecule has 1 aromatic carbocycles. The lowest BCUT2D eigenvalue weighted by Gasteiger charge is -2.04. The third-order valence-electron chi connectivity index (χ3n) is 3.93. The van der Waals surface area contributed by atoms with Crippen LogP contribution in [-0.2, 0) is 7.05 Å². The van der Waals surface area contributed by atoms with Gasteiger partial charge in [0.25, 0.3) is 5.91 Å². The van der Waals surface area contributed by atoms with E-state index >= 15 is 0 Å². The Balaban J connectivity index is 1.64. The predicted octanol–water partition coefficient (Wildman–Crippen LogP) is 2.69. The summed E-state index contributed by atoms with van der Waals surface area (Å²) in [6.07, 6.45) is 5.52. The molecular weight excluding hydrogens is 316 g/mol. The lowest BCUT2D eigenvalue weighted by Crippen LogP contribution is -2.12. The smallest absolute Gasteiger partial charge is 0.277 e. The summed E-state index contributed by atoms with van der Waals surface area (Å²) in [4.78, 5) is 16.9. The number of amides is 1. The third kappa shape index (κ3) is 2.87. The van der Waals surface area contributed by atoms with E-state index in [1.165, 1.54) is 4.68 Å². The van der Waals surface area contributed by atoms with E-state index < -0.39 is 0 Å². The molecule has 0 radical (unpaired) electrons. The van der Waals surface area contributed by atoms with E-state index in [4.69, 9.17) is 0 Å². The predicted molar refractivity (Wildman–Crippen MR) is 94.3 cm³/mol. The Bertz CT molecular complexity index is 1080. The number of fused-ring (bicyclic) bond motifs is 1. The highest BCUT2D eigenvalue weighted by molar-refractivity contribution is 6.02. The molecule has 0 unspecified atom stereocenters. The number of hydrogen-bond donors (Lipinski definition) is 1. The molecule has 0 spiro atoms. The number of nitrogens with one attached hydrogen (secondary N) is 1. The van der Waals surface area contributed by atoms with Gasteiger partial charge in [-0.3, -0.25) is 9.48 Å². The molecule has 0 fully saturated rings. The van der Waals surface area contributed by atoms with Crippen molar-refractivity contribution in [1.82, 2.24) is 24.4 Å². The Hall–Kier alpha value is -3.48. The van der Waals surface area contributed by atoms with Crippen LogP contribution in [-0.4, -0.2) is 30.3 Å². The van der Waals surface area contributed by atoms with Crippen LogP contribution < -0.4 is 5.32 Å². The van der Waals surface area contributed by atoms with E-state index in [1.54, 1.807) is 13.2 Å². The molecule has 4 aromatic rings. The quantitative estimate of drug-likeness (QED) is 0.626. The number of aromatic nitrogens is 5. The second-order valence-corrected chi connectivity index (χ2v) is 5.86. The van der Waals surface area contributed by atoms with E-state index in [1.807, 2.05) is 60.1 Å². The summed E-state index contributed by atoms with van der Waals surface area (Å²) in [6.45, 7) is 2.03. The van der Waals surface area contributed by atoms with Crippen molar-refractivity contribution in [1.29, 1.82) is 0 Å². The minimum Gasteiger partial charge on any atom is -0.321 e. The maximum atomic E-state index is 12.2. The van der Waals surface area contributed by atoms with Gasteiger partial charge in [0.05, 0.1) is 11.9 Å². The highest BCUT2D eigenvalue weighted by Crippen LogP contribution is 2.23. The van der Waals surface area contributed by atoms with Gasteiger partial charge in [0.1, 0.15) is 5.65 Å². The number of carbonyl (C=O) groups excluding carboxylic acids is 1. The van der Waals surface area contributed by atoms with Crippen molar-refractivity contribution in [3.63, 3.8) is 0 Å². The summed E-state index contributed by atoms with van der Waals surface area (Å²) in [5.41, 5.74) is 4.77. The number of nitrogens with zero attached hydrogens (tertiary/aromatic N) is 5. The van der Waals surface area contributed by atoms with Crippen LogP contribution >= 0.6 is 0 Å². The first-order valence-electron chi connectivity index (χ1n) is 7.82. The maximum Gasteiger partial charge on any atom is 0.277 e. The average molecular weight is 332 g/mol. The Morgan fingerprint density at radius 3 is 2.80 bits per heavy atom. The summed E-state index contributed by atoms with van der Waals surface area (Å²) in [7, 11) is 1.72. The van der Waals surface area contributed by atoms with Gasteiger partial charge in [-0.15, -0.1) is 5.10 Å². The van der Waals surface area contributed by atoms with Gasteiger partial charge in [0.2, 0.25) is 0 Å². The standard InChI is InChI=1S/C18H16N6O/c1-12-5-4-8-24-11-15(20-17(12)24)13-6-3-7-14(9-13)19-18(25)16-10-23(2)22-21-16/h3-11H,1-2H3,(H,19,25). The summed E-state index contributed by atoms with van der Waals surface area (Å²) in [5.74, 6) is -0.295.